The van der Waals surface area contributed by atoms with Crippen LogP contribution in [0, 0.1) is 0 Å². The van der Waals surface area contributed by atoms with Crippen LogP contribution in [-0.4, -0.2) is 39.6 Å². The number of methoxy groups -OCH3 is 1. The van der Waals surface area contributed by atoms with E-state index in [0.29, 0.717) is 33.1 Å². The summed E-state index contributed by atoms with van der Waals surface area (Å²) >= 11 is 4.52. The first-order valence-corrected chi connectivity index (χ1v) is 11.8. The molecular formula is C24H19BrN4O4S. The first-order valence-electron chi connectivity index (χ1n) is 10.1. The number of thioether (sulfide) groups is 1. The number of amides is 1. The summed E-state index contributed by atoms with van der Waals surface area (Å²) in [6.07, 6.45) is 1.33. The number of halogens is 1. The number of para-hydroxylation sites is 2. The third-order valence-corrected chi connectivity index (χ3v) is 6.27. The van der Waals surface area contributed by atoms with Crippen LogP contribution >= 0.6 is 27.7 Å². The van der Waals surface area contributed by atoms with Crippen molar-refractivity contribution in [2.24, 2.45) is 5.10 Å². The lowest BCUT2D eigenvalue weighted by atomic mass is 10.2. The standard InChI is InChI=1S/C24H19BrN4O4S/c1-33-20-8-4-5-15(22(20)31)13-26-28-21(30)14-34-24-27-19-7-3-2-6-18(19)23(32)29(24)17-11-9-16(25)10-12-17/h2-13,31H,14H2,1H3,(H,28,30). The monoisotopic (exact) mass is 538 g/mol. The number of hydrogen-bond donors (Lipinski definition) is 2. The molecule has 0 aliphatic heterocycles. The lowest BCUT2D eigenvalue weighted by Crippen LogP contribution is -2.24. The Bertz CT molecular complexity index is 1440. The molecule has 1 amide bonds. The molecule has 1 aromatic heterocycles. The number of hydrogen-bond acceptors (Lipinski definition) is 7. The van der Waals surface area contributed by atoms with Gasteiger partial charge in [0.2, 0.25) is 0 Å². The molecule has 3 aromatic carbocycles. The molecule has 0 saturated heterocycles. The minimum absolute atomic E-state index is 0.0251. The summed E-state index contributed by atoms with van der Waals surface area (Å²) in [6.45, 7) is 0. The van der Waals surface area contributed by atoms with E-state index in [2.05, 4.69) is 31.4 Å². The quantitative estimate of drug-likeness (QED) is 0.159. The minimum Gasteiger partial charge on any atom is -0.504 e. The topological polar surface area (TPSA) is 106 Å². The van der Waals surface area contributed by atoms with Crippen LogP contribution in [0.4, 0.5) is 0 Å². The van der Waals surface area contributed by atoms with Crippen molar-refractivity contribution in [1.29, 1.82) is 0 Å². The van der Waals surface area contributed by atoms with E-state index in [1.807, 2.05) is 18.2 Å². The number of benzene rings is 3. The molecule has 10 heteroatoms. The summed E-state index contributed by atoms with van der Waals surface area (Å²) in [5.41, 5.74) is 3.79. The summed E-state index contributed by atoms with van der Waals surface area (Å²) in [5, 5.41) is 14.9. The fraction of sp³-hybridized carbons (Fsp3) is 0.0833. The molecule has 1 heterocycles. The van der Waals surface area contributed by atoms with Gasteiger partial charge in [-0.2, -0.15) is 5.10 Å². The van der Waals surface area contributed by atoms with Crippen LogP contribution < -0.4 is 15.7 Å². The number of phenols is 1. The molecule has 0 spiro atoms. The van der Waals surface area contributed by atoms with Gasteiger partial charge in [-0.25, -0.2) is 10.4 Å². The number of hydrazone groups is 1. The molecular weight excluding hydrogens is 520 g/mol. The van der Waals surface area contributed by atoms with Crippen LogP contribution in [0.15, 0.2) is 86.3 Å². The van der Waals surface area contributed by atoms with Crippen molar-refractivity contribution in [3.63, 3.8) is 0 Å². The average Bonchev–Trinajstić information content (AvgIpc) is 2.85. The summed E-state index contributed by atoms with van der Waals surface area (Å²) in [5.74, 6) is -0.188. The first kappa shape index (κ1) is 23.5. The molecule has 4 aromatic rings. The van der Waals surface area contributed by atoms with E-state index in [-0.39, 0.29) is 17.1 Å². The van der Waals surface area contributed by atoms with Gasteiger partial charge in [0.1, 0.15) is 0 Å². The maximum atomic E-state index is 13.2. The molecule has 0 bridgehead atoms. The SMILES string of the molecule is COc1cccc(C=NNC(=O)CSc2nc3ccccc3c(=O)n2-c2ccc(Br)cc2)c1O. The zero-order valence-corrected chi connectivity index (χ0v) is 20.3. The van der Waals surface area contributed by atoms with Crippen molar-refractivity contribution in [2.45, 2.75) is 5.16 Å². The number of phenolic OH excluding ortho intramolecular Hbond substituents is 1. The van der Waals surface area contributed by atoms with Crippen molar-refractivity contribution in [3.8, 4) is 17.2 Å². The summed E-state index contributed by atoms with van der Waals surface area (Å²) in [7, 11) is 1.45. The zero-order valence-electron chi connectivity index (χ0n) is 17.9. The van der Waals surface area contributed by atoms with E-state index in [1.54, 1.807) is 48.5 Å². The average molecular weight is 539 g/mol. The Kier molecular flexibility index (Phi) is 7.29. The summed E-state index contributed by atoms with van der Waals surface area (Å²) < 4.78 is 7.43. The van der Waals surface area contributed by atoms with Crippen LogP contribution in [0.1, 0.15) is 5.56 Å². The van der Waals surface area contributed by atoms with E-state index in [0.717, 1.165) is 16.2 Å². The summed E-state index contributed by atoms with van der Waals surface area (Å²) in [6, 6.07) is 19.3. The lowest BCUT2D eigenvalue weighted by molar-refractivity contribution is -0.118. The Morgan fingerprint density at radius 2 is 1.94 bits per heavy atom. The van der Waals surface area contributed by atoms with Crippen molar-refractivity contribution >= 4 is 50.7 Å². The van der Waals surface area contributed by atoms with Crippen LogP contribution in [-0.2, 0) is 4.79 Å². The number of nitrogens with zero attached hydrogens (tertiary/aromatic N) is 3. The molecule has 8 nitrogen and oxygen atoms in total. The molecule has 0 aliphatic carbocycles. The molecule has 0 unspecified atom stereocenters. The first-order chi connectivity index (χ1) is 16.5. The largest absolute Gasteiger partial charge is 0.504 e. The van der Waals surface area contributed by atoms with Crippen molar-refractivity contribution in [3.05, 3.63) is 87.1 Å². The second-order valence-corrected chi connectivity index (χ2v) is 8.87. The van der Waals surface area contributed by atoms with Gasteiger partial charge in [-0.3, -0.25) is 14.2 Å². The molecule has 34 heavy (non-hydrogen) atoms. The predicted octanol–water partition coefficient (Wildman–Crippen LogP) is 4.10. The lowest BCUT2D eigenvalue weighted by Gasteiger charge is -2.13. The van der Waals surface area contributed by atoms with Gasteiger partial charge in [0.15, 0.2) is 16.7 Å². The van der Waals surface area contributed by atoms with E-state index >= 15 is 0 Å². The van der Waals surface area contributed by atoms with Crippen LogP contribution in [0.5, 0.6) is 11.5 Å². The summed E-state index contributed by atoms with van der Waals surface area (Å²) in [4.78, 5) is 30.2. The van der Waals surface area contributed by atoms with E-state index in [1.165, 1.54) is 17.9 Å². The normalized spacial score (nSPS) is 11.1. The highest BCUT2D eigenvalue weighted by molar-refractivity contribution is 9.10. The number of ether oxygens (including phenoxy) is 1. The van der Waals surface area contributed by atoms with Crippen molar-refractivity contribution in [2.75, 3.05) is 12.9 Å². The molecule has 0 atom stereocenters. The second kappa shape index (κ2) is 10.5. The molecule has 0 saturated carbocycles. The van der Waals surface area contributed by atoms with Gasteiger partial charge < -0.3 is 9.84 Å². The molecule has 172 valence electrons. The molecule has 0 radical (unpaired) electrons. The Balaban J connectivity index is 1.55. The Morgan fingerprint density at radius 1 is 1.18 bits per heavy atom. The number of aromatic nitrogens is 2. The molecule has 0 fully saturated rings. The molecule has 2 N–H and O–H groups in total. The van der Waals surface area contributed by atoms with Gasteiger partial charge in [0.05, 0.1) is 35.7 Å². The zero-order chi connectivity index (χ0) is 24.1. The fourth-order valence-corrected chi connectivity index (χ4v) is 4.24. The van der Waals surface area contributed by atoms with Crippen LogP contribution in [0.3, 0.4) is 0 Å². The fourth-order valence-electron chi connectivity index (χ4n) is 3.17. The highest BCUT2D eigenvalue weighted by Gasteiger charge is 2.15. The van der Waals surface area contributed by atoms with Gasteiger partial charge in [-0.1, -0.05) is 45.9 Å². The maximum Gasteiger partial charge on any atom is 0.266 e. The van der Waals surface area contributed by atoms with Crippen molar-refractivity contribution in [1.82, 2.24) is 15.0 Å². The number of carbonyl (C=O) groups excluding carboxylic acids is 1. The minimum atomic E-state index is -0.395. The number of nitrogens with one attached hydrogen (secondary N) is 1. The third-order valence-electron chi connectivity index (χ3n) is 4.81. The Labute approximate surface area is 207 Å². The Morgan fingerprint density at radius 3 is 2.71 bits per heavy atom. The van der Waals surface area contributed by atoms with Crippen LogP contribution in [0.2, 0.25) is 0 Å². The molecule has 4 rings (SSSR count). The predicted molar refractivity (Wildman–Crippen MR) is 136 cm³/mol. The highest BCUT2D eigenvalue weighted by Crippen LogP contribution is 2.28. The van der Waals surface area contributed by atoms with Gasteiger partial charge in [0, 0.05) is 10.0 Å². The van der Waals surface area contributed by atoms with Crippen LogP contribution in [0.25, 0.3) is 16.6 Å². The van der Waals surface area contributed by atoms with Gasteiger partial charge in [-0.15, -0.1) is 0 Å². The van der Waals surface area contributed by atoms with E-state index in [9.17, 15) is 14.7 Å². The number of fused-ring (bicyclic) bond motifs is 1. The smallest absolute Gasteiger partial charge is 0.266 e. The van der Waals surface area contributed by atoms with Gasteiger partial charge in [-0.05, 0) is 48.5 Å². The second-order valence-electron chi connectivity index (χ2n) is 7.01. The number of rotatable bonds is 7. The Hall–Kier alpha value is -3.63. The number of carbonyl (C=O) groups is 1. The highest BCUT2D eigenvalue weighted by atomic mass is 79.9. The van der Waals surface area contributed by atoms with Gasteiger partial charge in [0.25, 0.3) is 11.5 Å². The third kappa shape index (κ3) is 5.13. The molecule has 0 aliphatic rings. The van der Waals surface area contributed by atoms with Crippen molar-refractivity contribution < 1.29 is 14.6 Å². The van der Waals surface area contributed by atoms with E-state index in [4.69, 9.17) is 4.74 Å². The number of aromatic hydroxyl groups is 1. The van der Waals surface area contributed by atoms with E-state index < -0.39 is 5.91 Å². The van der Waals surface area contributed by atoms with Gasteiger partial charge >= 0.3 is 0 Å². The maximum absolute atomic E-state index is 13.2.